The second kappa shape index (κ2) is 4.60. The summed E-state index contributed by atoms with van der Waals surface area (Å²) < 4.78 is 9.78. The molecule has 0 bridgehead atoms. The van der Waals surface area contributed by atoms with Gasteiger partial charge in [-0.2, -0.15) is 0 Å². The summed E-state index contributed by atoms with van der Waals surface area (Å²) in [6.07, 6.45) is 6.01. The molecule has 1 aliphatic carbocycles. The van der Waals surface area contributed by atoms with Crippen molar-refractivity contribution in [2.24, 2.45) is 0 Å². The van der Waals surface area contributed by atoms with E-state index in [-0.39, 0.29) is 24.1 Å². The van der Waals surface area contributed by atoms with Crippen LogP contribution in [0.3, 0.4) is 0 Å². The molecule has 14 heavy (non-hydrogen) atoms. The molecule has 0 fully saturated rings. The fourth-order valence-electron chi connectivity index (χ4n) is 1.11. The molecule has 0 unspecified atom stereocenters. The molecule has 0 N–H and O–H groups in total. The third kappa shape index (κ3) is 3.43. The van der Waals surface area contributed by atoms with Crippen LogP contribution in [0.2, 0.25) is 0 Å². The van der Waals surface area contributed by atoms with Gasteiger partial charge in [0, 0.05) is 13.8 Å². The van der Waals surface area contributed by atoms with Crippen molar-refractivity contribution in [3.63, 3.8) is 0 Å². The Hall–Kier alpha value is -1.58. The van der Waals surface area contributed by atoms with Crippen molar-refractivity contribution in [2.45, 2.75) is 26.1 Å². The summed E-state index contributed by atoms with van der Waals surface area (Å²) in [6, 6.07) is 0. The maximum absolute atomic E-state index is 10.6. The smallest absolute Gasteiger partial charge is 0.303 e. The minimum atomic E-state index is -0.348. The van der Waals surface area contributed by atoms with Crippen LogP contribution in [0.25, 0.3) is 0 Å². The van der Waals surface area contributed by atoms with E-state index in [1.807, 2.05) is 0 Å². The minimum Gasteiger partial charge on any atom is -0.454 e. The highest BCUT2D eigenvalue weighted by Gasteiger charge is 2.12. The van der Waals surface area contributed by atoms with Crippen LogP contribution in [0.1, 0.15) is 13.8 Å². The van der Waals surface area contributed by atoms with E-state index >= 15 is 0 Å². The van der Waals surface area contributed by atoms with Crippen molar-refractivity contribution >= 4 is 11.9 Å². The molecule has 0 aromatic heterocycles. The third-order valence-electron chi connectivity index (χ3n) is 1.59. The summed E-state index contributed by atoms with van der Waals surface area (Å²) in [4.78, 5) is 21.2. The molecule has 4 heteroatoms. The van der Waals surface area contributed by atoms with Gasteiger partial charge in [0.15, 0.2) is 0 Å². The van der Waals surface area contributed by atoms with E-state index in [2.05, 4.69) is 0 Å². The molecule has 0 saturated heterocycles. The Labute approximate surface area is 82.2 Å². The van der Waals surface area contributed by atoms with E-state index in [4.69, 9.17) is 9.47 Å². The molecule has 4 nitrogen and oxygen atoms in total. The van der Waals surface area contributed by atoms with Gasteiger partial charge in [0.25, 0.3) is 0 Å². The first kappa shape index (κ1) is 10.5. The van der Waals surface area contributed by atoms with E-state index in [1.54, 1.807) is 24.3 Å². The third-order valence-corrected chi connectivity index (χ3v) is 1.59. The van der Waals surface area contributed by atoms with Crippen molar-refractivity contribution in [1.29, 1.82) is 0 Å². The Balaban J connectivity index is 2.44. The highest BCUT2D eigenvalue weighted by molar-refractivity contribution is 5.67. The summed E-state index contributed by atoms with van der Waals surface area (Å²) in [6.45, 7) is 2.69. The Morgan fingerprint density at radius 1 is 0.857 bits per heavy atom. The van der Waals surface area contributed by atoms with Crippen LogP contribution in [-0.2, 0) is 19.1 Å². The minimum absolute atomic E-state index is 0.338. The van der Waals surface area contributed by atoms with Gasteiger partial charge in [-0.3, -0.25) is 9.59 Å². The van der Waals surface area contributed by atoms with Crippen LogP contribution in [0, 0.1) is 0 Å². The van der Waals surface area contributed by atoms with Gasteiger partial charge in [-0.05, 0) is 24.3 Å². The Kier molecular flexibility index (Phi) is 3.45. The SMILES string of the molecule is CC(=O)OC1C=CC(OC(C)=O)C=C1. The number of hydrogen-bond acceptors (Lipinski definition) is 4. The normalized spacial score (nSPS) is 24.4. The van der Waals surface area contributed by atoms with Crippen molar-refractivity contribution in [2.75, 3.05) is 0 Å². The maximum Gasteiger partial charge on any atom is 0.303 e. The molecule has 0 aromatic carbocycles. The number of ether oxygens (including phenoxy) is 2. The van der Waals surface area contributed by atoms with Crippen LogP contribution in [0.15, 0.2) is 24.3 Å². The standard InChI is InChI=1S/C10H12O4/c1-7(11)13-9-3-5-10(6-4-9)14-8(2)12/h3-6,9-10H,1-2H3. The summed E-state index contributed by atoms with van der Waals surface area (Å²) in [5.41, 5.74) is 0. The molecule has 0 aromatic rings. The van der Waals surface area contributed by atoms with Gasteiger partial charge in [0.2, 0.25) is 0 Å². The number of rotatable bonds is 2. The molecule has 1 rings (SSSR count). The zero-order valence-electron chi connectivity index (χ0n) is 8.10. The first-order valence-corrected chi connectivity index (χ1v) is 4.29. The van der Waals surface area contributed by atoms with E-state index in [0.717, 1.165) is 0 Å². The van der Waals surface area contributed by atoms with E-state index in [0.29, 0.717) is 0 Å². The zero-order chi connectivity index (χ0) is 10.6. The van der Waals surface area contributed by atoms with Gasteiger partial charge >= 0.3 is 11.9 Å². The first-order valence-electron chi connectivity index (χ1n) is 4.29. The number of carbonyl (C=O) groups excluding carboxylic acids is 2. The molecule has 0 saturated carbocycles. The molecular formula is C10H12O4. The van der Waals surface area contributed by atoms with Gasteiger partial charge in [0.1, 0.15) is 12.2 Å². The highest BCUT2D eigenvalue weighted by Crippen LogP contribution is 2.09. The predicted octanol–water partition coefficient (Wildman–Crippen LogP) is 0.976. The van der Waals surface area contributed by atoms with E-state index < -0.39 is 0 Å². The topological polar surface area (TPSA) is 52.6 Å². The van der Waals surface area contributed by atoms with Crippen molar-refractivity contribution in [3.05, 3.63) is 24.3 Å². The lowest BCUT2D eigenvalue weighted by molar-refractivity contribution is -0.144. The second-order valence-electron chi connectivity index (χ2n) is 2.92. The van der Waals surface area contributed by atoms with Crippen LogP contribution < -0.4 is 0 Å². The summed E-state index contributed by atoms with van der Waals surface area (Å²) in [5, 5.41) is 0. The zero-order valence-corrected chi connectivity index (χ0v) is 8.10. The van der Waals surface area contributed by atoms with E-state index in [1.165, 1.54) is 13.8 Å². The lowest BCUT2D eigenvalue weighted by Crippen LogP contribution is -2.19. The molecule has 0 heterocycles. The lowest BCUT2D eigenvalue weighted by atomic mass is 10.1. The van der Waals surface area contributed by atoms with E-state index in [9.17, 15) is 9.59 Å². The molecule has 0 atom stereocenters. The first-order chi connectivity index (χ1) is 6.58. The summed E-state index contributed by atoms with van der Waals surface area (Å²) in [7, 11) is 0. The van der Waals surface area contributed by atoms with Crippen LogP contribution in [-0.4, -0.2) is 24.1 Å². The molecule has 1 aliphatic rings. The van der Waals surface area contributed by atoms with Gasteiger partial charge in [-0.15, -0.1) is 0 Å². The molecule has 0 aliphatic heterocycles. The lowest BCUT2D eigenvalue weighted by Gasteiger charge is -2.16. The highest BCUT2D eigenvalue weighted by atomic mass is 16.5. The van der Waals surface area contributed by atoms with Crippen molar-refractivity contribution < 1.29 is 19.1 Å². The summed E-state index contributed by atoms with van der Waals surface area (Å²) in [5.74, 6) is -0.675. The Morgan fingerprint density at radius 3 is 1.36 bits per heavy atom. The van der Waals surface area contributed by atoms with Crippen LogP contribution >= 0.6 is 0 Å². The second-order valence-corrected chi connectivity index (χ2v) is 2.92. The van der Waals surface area contributed by atoms with Crippen LogP contribution in [0.4, 0.5) is 0 Å². The number of hydrogen-bond donors (Lipinski definition) is 0. The fraction of sp³-hybridized carbons (Fsp3) is 0.400. The van der Waals surface area contributed by atoms with Crippen LogP contribution in [0.5, 0.6) is 0 Å². The van der Waals surface area contributed by atoms with Gasteiger partial charge in [-0.1, -0.05) is 0 Å². The molecule has 76 valence electrons. The average Bonchev–Trinajstić information content (AvgIpc) is 2.06. The van der Waals surface area contributed by atoms with Gasteiger partial charge in [0.05, 0.1) is 0 Å². The van der Waals surface area contributed by atoms with Crippen molar-refractivity contribution in [1.82, 2.24) is 0 Å². The molecule has 0 spiro atoms. The summed E-state index contributed by atoms with van der Waals surface area (Å²) >= 11 is 0. The monoisotopic (exact) mass is 196 g/mol. The largest absolute Gasteiger partial charge is 0.454 e. The number of carbonyl (C=O) groups is 2. The molecular weight excluding hydrogens is 184 g/mol. The number of esters is 2. The Bertz CT molecular complexity index is 248. The van der Waals surface area contributed by atoms with Gasteiger partial charge in [-0.25, -0.2) is 0 Å². The maximum atomic E-state index is 10.6. The average molecular weight is 196 g/mol. The van der Waals surface area contributed by atoms with Crippen molar-refractivity contribution in [3.8, 4) is 0 Å². The van der Waals surface area contributed by atoms with Gasteiger partial charge < -0.3 is 9.47 Å². The Morgan fingerprint density at radius 2 is 1.14 bits per heavy atom. The fourth-order valence-corrected chi connectivity index (χ4v) is 1.11. The molecule has 0 amide bonds. The predicted molar refractivity (Wildman–Crippen MR) is 49.4 cm³/mol. The molecule has 0 radical (unpaired) electrons. The quantitative estimate of drug-likeness (QED) is 0.488.